The van der Waals surface area contributed by atoms with Gasteiger partial charge in [-0.15, -0.1) is 0 Å². The van der Waals surface area contributed by atoms with Gasteiger partial charge in [-0.25, -0.2) is 4.98 Å². The maximum absolute atomic E-state index is 5.83. The van der Waals surface area contributed by atoms with E-state index in [4.69, 9.17) is 14.2 Å². The van der Waals surface area contributed by atoms with Crippen LogP contribution in [0.25, 0.3) is 0 Å². The summed E-state index contributed by atoms with van der Waals surface area (Å²) in [7, 11) is 0. The summed E-state index contributed by atoms with van der Waals surface area (Å²) in [5.41, 5.74) is 0.929. The molecule has 0 unspecified atom stereocenters. The molecular weight excluding hydrogens is 284 g/mol. The summed E-state index contributed by atoms with van der Waals surface area (Å²) >= 11 is 0. The molecule has 0 amide bonds. The second kappa shape index (κ2) is 7.71. The normalized spacial score (nSPS) is 20.1. The molecule has 0 bridgehead atoms. The van der Waals surface area contributed by atoms with Gasteiger partial charge in [0.2, 0.25) is 11.8 Å². The van der Waals surface area contributed by atoms with Gasteiger partial charge < -0.3 is 19.1 Å². The lowest BCUT2D eigenvalue weighted by Crippen LogP contribution is -2.39. The molecule has 0 atom stereocenters. The number of aromatic nitrogens is 2. The van der Waals surface area contributed by atoms with Gasteiger partial charge in [-0.05, 0) is 6.92 Å². The van der Waals surface area contributed by atoms with Crippen LogP contribution in [0, 0.1) is 6.92 Å². The average molecular weight is 308 g/mol. The van der Waals surface area contributed by atoms with E-state index in [2.05, 4.69) is 19.8 Å². The van der Waals surface area contributed by atoms with Crippen LogP contribution in [-0.2, 0) is 9.47 Å². The molecule has 7 heteroatoms. The van der Waals surface area contributed by atoms with Gasteiger partial charge in [0.1, 0.15) is 6.61 Å². The number of morpholine rings is 2. The van der Waals surface area contributed by atoms with Crippen molar-refractivity contribution in [3.05, 3.63) is 11.8 Å². The molecule has 0 aliphatic carbocycles. The zero-order valence-corrected chi connectivity index (χ0v) is 13.2. The zero-order chi connectivity index (χ0) is 15.2. The first kappa shape index (κ1) is 15.5. The molecule has 3 heterocycles. The molecule has 7 nitrogen and oxygen atoms in total. The van der Waals surface area contributed by atoms with Crippen molar-refractivity contribution in [2.75, 3.05) is 70.7 Å². The first-order valence-corrected chi connectivity index (χ1v) is 7.92. The van der Waals surface area contributed by atoms with Crippen molar-refractivity contribution in [2.45, 2.75) is 6.92 Å². The molecule has 2 aliphatic heterocycles. The lowest BCUT2D eigenvalue weighted by atomic mass is 10.4. The lowest BCUT2D eigenvalue weighted by Gasteiger charge is -2.27. The molecule has 2 saturated heterocycles. The highest BCUT2D eigenvalue weighted by Gasteiger charge is 2.16. The van der Waals surface area contributed by atoms with E-state index in [9.17, 15) is 0 Å². The van der Waals surface area contributed by atoms with Crippen molar-refractivity contribution in [3.63, 3.8) is 0 Å². The van der Waals surface area contributed by atoms with Crippen LogP contribution in [-0.4, -0.2) is 80.6 Å². The number of nitrogens with zero attached hydrogens (tertiary/aromatic N) is 4. The number of anilines is 1. The summed E-state index contributed by atoms with van der Waals surface area (Å²) < 4.78 is 16.5. The van der Waals surface area contributed by atoms with E-state index in [1.54, 1.807) is 0 Å². The van der Waals surface area contributed by atoms with Crippen molar-refractivity contribution >= 4 is 5.95 Å². The van der Waals surface area contributed by atoms with E-state index in [0.717, 1.165) is 70.8 Å². The van der Waals surface area contributed by atoms with Gasteiger partial charge in [0.25, 0.3) is 0 Å². The molecule has 1 aromatic heterocycles. The Morgan fingerprint density at radius 1 is 1.05 bits per heavy atom. The second-order valence-electron chi connectivity index (χ2n) is 5.55. The van der Waals surface area contributed by atoms with Crippen LogP contribution in [0.4, 0.5) is 5.95 Å². The maximum atomic E-state index is 5.83. The first-order valence-electron chi connectivity index (χ1n) is 7.92. The third-order valence-corrected chi connectivity index (χ3v) is 3.87. The fourth-order valence-electron chi connectivity index (χ4n) is 2.61. The van der Waals surface area contributed by atoms with Crippen molar-refractivity contribution < 1.29 is 14.2 Å². The Morgan fingerprint density at radius 2 is 1.73 bits per heavy atom. The molecule has 2 aliphatic rings. The van der Waals surface area contributed by atoms with Gasteiger partial charge in [-0.3, -0.25) is 4.90 Å². The van der Waals surface area contributed by atoms with Gasteiger partial charge in [0.05, 0.1) is 26.4 Å². The molecule has 0 radical (unpaired) electrons. The topological polar surface area (TPSA) is 60.0 Å². The van der Waals surface area contributed by atoms with E-state index in [1.807, 2.05) is 13.0 Å². The van der Waals surface area contributed by atoms with Crippen LogP contribution in [0.15, 0.2) is 6.07 Å². The number of hydrogen-bond acceptors (Lipinski definition) is 7. The van der Waals surface area contributed by atoms with Crippen LogP contribution in [0.1, 0.15) is 5.69 Å². The van der Waals surface area contributed by atoms with Gasteiger partial charge in [0, 0.05) is 44.5 Å². The molecule has 0 spiro atoms. The van der Waals surface area contributed by atoms with E-state index < -0.39 is 0 Å². The van der Waals surface area contributed by atoms with E-state index in [1.165, 1.54) is 0 Å². The summed E-state index contributed by atoms with van der Waals surface area (Å²) in [5, 5.41) is 0. The van der Waals surface area contributed by atoms with Crippen LogP contribution >= 0.6 is 0 Å². The SMILES string of the molecule is Cc1cc(OCCN2CCOCC2)nc(N2CCOCC2)n1. The molecule has 2 fully saturated rings. The van der Waals surface area contributed by atoms with Gasteiger partial charge in [-0.1, -0.05) is 0 Å². The minimum atomic E-state index is 0.638. The quantitative estimate of drug-likeness (QED) is 0.777. The molecule has 0 N–H and O–H groups in total. The predicted octanol–water partition coefficient (Wildman–Crippen LogP) is 0.333. The number of rotatable bonds is 5. The van der Waals surface area contributed by atoms with E-state index in [-0.39, 0.29) is 0 Å². The lowest BCUT2D eigenvalue weighted by molar-refractivity contribution is 0.0320. The molecule has 3 rings (SSSR count). The Morgan fingerprint density at radius 3 is 2.45 bits per heavy atom. The van der Waals surface area contributed by atoms with Crippen molar-refractivity contribution in [1.82, 2.24) is 14.9 Å². The van der Waals surface area contributed by atoms with Crippen LogP contribution in [0.3, 0.4) is 0 Å². The Bertz CT molecular complexity index is 474. The largest absolute Gasteiger partial charge is 0.476 e. The number of aryl methyl sites for hydroxylation is 1. The summed E-state index contributed by atoms with van der Waals surface area (Å²) in [6.07, 6.45) is 0. The Kier molecular flexibility index (Phi) is 5.42. The second-order valence-corrected chi connectivity index (χ2v) is 5.55. The summed E-state index contributed by atoms with van der Waals surface area (Å²) in [5.74, 6) is 1.40. The fourth-order valence-corrected chi connectivity index (χ4v) is 2.61. The summed E-state index contributed by atoms with van der Waals surface area (Å²) in [6, 6.07) is 1.89. The zero-order valence-electron chi connectivity index (χ0n) is 13.2. The molecule has 1 aromatic rings. The maximum Gasteiger partial charge on any atom is 0.229 e. The van der Waals surface area contributed by atoms with E-state index in [0.29, 0.717) is 12.5 Å². The molecule has 22 heavy (non-hydrogen) atoms. The third-order valence-electron chi connectivity index (χ3n) is 3.87. The van der Waals surface area contributed by atoms with Crippen molar-refractivity contribution in [3.8, 4) is 5.88 Å². The molecule has 0 aromatic carbocycles. The average Bonchev–Trinajstić information content (AvgIpc) is 2.56. The van der Waals surface area contributed by atoms with Crippen LogP contribution in [0.2, 0.25) is 0 Å². The van der Waals surface area contributed by atoms with Crippen LogP contribution < -0.4 is 9.64 Å². The number of hydrogen-bond donors (Lipinski definition) is 0. The fraction of sp³-hybridized carbons (Fsp3) is 0.733. The molecule has 122 valence electrons. The molecular formula is C15H24N4O3. The smallest absolute Gasteiger partial charge is 0.229 e. The predicted molar refractivity (Wildman–Crippen MR) is 82.6 cm³/mol. The van der Waals surface area contributed by atoms with Crippen LogP contribution in [0.5, 0.6) is 5.88 Å². The minimum absolute atomic E-state index is 0.638. The highest BCUT2D eigenvalue weighted by atomic mass is 16.5. The Balaban J connectivity index is 1.54. The molecule has 0 saturated carbocycles. The third kappa shape index (κ3) is 4.28. The minimum Gasteiger partial charge on any atom is -0.476 e. The monoisotopic (exact) mass is 308 g/mol. The highest BCUT2D eigenvalue weighted by Crippen LogP contribution is 2.16. The standard InChI is InChI=1S/C15H24N4O3/c1-13-12-14(22-11-4-18-2-7-20-8-3-18)17-15(16-13)19-5-9-21-10-6-19/h12H,2-11H2,1H3. The Hall–Kier alpha value is -1.44. The number of ether oxygens (including phenoxy) is 3. The van der Waals surface area contributed by atoms with E-state index >= 15 is 0 Å². The summed E-state index contributed by atoms with van der Waals surface area (Å²) in [4.78, 5) is 13.5. The van der Waals surface area contributed by atoms with Crippen molar-refractivity contribution in [1.29, 1.82) is 0 Å². The van der Waals surface area contributed by atoms with Gasteiger partial charge >= 0.3 is 0 Å². The summed E-state index contributed by atoms with van der Waals surface area (Å²) in [6.45, 7) is 10.2. The van der Waals surface area contributed by atoms with Crippen molar-refractivity contribution in [2.24, 2.45) is 0 Å². The van der Waals surface area contributed by atoms with Gasteiger partial charge in [0.15, 0.2) is 0 Å². The highest BCUT2D eigenvalue weighted by molar-refractivity contribution is 5.34. The first-order chi connectivity index (χ1) is 10.8. The Labute approximate surface area is 131 Å². The van der Waals surface area contributed by atoms with Gasteiger partial charge in [-0.2, -0.15) is 4.98 Å².